The Morgan fingerprint density at radius 3 is 2.65 bits per heavy atom. The molecule has 1 amide bonds. The number of benzene rings is 2. The van der Waals surface area contributed by atoms with E-state index in [-0.39, 0.29) is 5.91 Å². The lowest BCUT2D eigenvalue weighted by atomic mass is 10.1. The molecular weight excluding hydrogens is 410 g/mol. The highest BCUT2D eigenvalue weighted by Crippen LogP contribution is 2.32. The molecule has 162 valence electrons. The van der Waals surface area contributed by atoms with Crippen LogP contribution in [0, 0.1) is 0 Å². The van der Waals surface area contributed by atoms with E-state index >= 15 is 0 Å². The van der Waals surface area contributed by atoms with Crippen LogP contribution in [0.15, 0.2) is 48.2 Å². The van der Waals surface area contributed by atoms with Gasteiger partial charge >= 0.3 is 0 Å². The quantitative estimate of drug-likeness (QED) is 0.523. The number of hydrogen-bond acceptors (Lipinski definition) is 5. The number of ether oxygens (including phenoxy) is 2. The summed E-state index contributed by atoms with van der Waals surface area (Å²) in [5.74, 6) is 1.29. The van der Waals surface area contributed by atoms with Crippen LogP contribution < -0.4 is 19.7 Å². The van der Waals surface area contributed by atoms with Crippen molar-refractivity contribution in [1.82, 2.24) is 10.2 Å². The lowest BCUT2D eigenvalue weighted by molar-refractivity contribution is -0.113. The molecule has 0 saturated carbocycles. The Kier molecular flexibility index (Phi) is 6.53. The van der Waals surface area contributed by atoms with E-state index in [1.807, 2.05) is 49.4 Å². The largest absolute Gasteiger partial charge is 0.496 e. The van der Waals surface area contributed by atoms with Crippen LogP contribution >= 0.6 is 12.2 Å². The molecule has 2 heterocycles. The SMILES string of the molecule is CCOc1ccccc1N1C(=O)/C(=C\c2ccc(OC)c(CN3CCCC3)c2)NC1=S. The van der Waals surface area contributed by atoms with Crippen LogP contribution in [0.3, 0.4) is 0 Å². The van der Waals surface area contributed by atoms with Crippen molar-refractivity contribution >= 4 is 35.0 Å². The standard InChI is InChI=1S/C24H27N3O3S/c1-3-30-22-9-5-4-8-20(22)27-23(28)19(25-24(27)31)15-17-10-11-21(29-2)18(14-17)16-26-12-6-7-13-26/h4-5,8-11,14-15H,3,6-7,12-13,16H2,1-2H3,(H,25,31)/b19-15+. The van der Waals surface area contributed by atoms with Gasteiger partial charge in [-0.05, 0) is 81.0 Å². The van der Waals surface area contributed by atoms with Gasteiger partial charge in [0, 0.05) is 12.1 Å². The second-order valence-electron chi connectivity index (χ2n) is 7.58. The van der Waals surface area contributed by atoms with Crippen molar-refractivity contribution in [2.75, 3.05) is 31.7 Å². The first-order chi connectivity index (χ1) is 15.1. The summed E-state index contributed by atoms with van der Waals surface area (Å²) >= 11 is 5.47. The first-order valence-electron chi connectivity index (χ1n) is 10.6. The number of carbonyl (C=O) groups excluding carboxylic acids is 1. The van der Waals surface area contributed by atoms with E-state index in [0.29, 0.717) is 28.9 Å². The van der Waals surface area contributed by atoms with Crippen molar-refractivity contribution in [3.63, 3.8) is 0 Å². The molecule has 7 heteroatoms. The number of nitrogens with one attached hydrogen (secondary N) is 1. The number of nitrogens with zero attached hydrogens (tertiary/aromatic N) is 2. The Hall–Kier alpha value is -2.90. The first kappa shape index (κ1) is 21.3. The van der Waals surface area contributed by atoms with Crippen molar-refractivity contribution in [3.05, 3.63) is 59.3 Å². The van der Waals surface area contributed by atoms with Crippen LogP contribution in [-0.2, 0) is 11.3 Å². The van der Waals surface area contributed by atoms with Gasteiger partial charge in [0.25, 0.3) is 5.91 Å². The Bertz CT molecular complexity index is 1010. The second kappa shape index (κ2) is 9.49. The number of anilines is 1. The summed E-state index contributed by atoms with van der Waals surface area (Å²) in [6.45, 7) is 5.48. The third-order valence-electron chi connectivity index (χ3n) is 5.49. The summed E-state index contributed by atoms with van der Waals surface area (Å²) in [6, 6.07) is 13.4. The van der Waals surface area contributed by atoms with E-state index in [0.717, 1.165) is 36.5 Å². The molecule has 0 radical (unpaired) electrons. The molecule has 0 spiro atoms. The maximum atomic E-state index is 13.2. The number of thiocarbonyl (C=S) groups is 1. The van der Waals surface area contributed by atoms with Gasteiger partial charge in [0.05, 0.1) is 19.4 Å². The lowest BCUT2D eigenvalue weighted by Gasteiger charge is -2.18. The highest BCUT2D eigenvalue weighted by molar-refractivity contribution is 7.80. The second-order valence-corrected chi connectivity index (χ2v) is 7.97. The summed E-state index contributed by atoms with van der Waals surface area (Å²) < 4.78 is 11.2. The molecule has 2 aliphatic heterocycles. The van der Waals surface area contributed by atoms with Crippen LogP contribution in [0.2, 0.25) is 0 Å². The van der Waals surface area contributed by atoms with Gasteiger partial charge in [-0.25, -0.2) is 4.90 Å². The van der Waals surface area contributed by atoms with Crippen molar-refractivity contribution in [2.45, 2.75) is 26.3 Å². The highest BCUT2D eigenvalue weighted by atomic mass is 32.1. The molecule has 2 aromatic carbocycles. The van der Waals surface area contributed by atoms with E-state index in [9.17, 15) is 4.79 Å². The summed E-state index contributed by atoms with van der Waals surface area (Å²) in [4.78, 5) is 17.1. The van der Waals surface area contributed by atoms with E-state index in [1.54, 1.807) is 7.11 Å². The zero-order valence-corrected chi connectivity index (χ0v) is 18.7. The molecule has 2 aromatic rings. The minimum absolute atomic E-state index is 0.200. The van der Waals surface area contributed by atoms with E-state index in [1.165, 1.54) is 17.7 Å². The van der Waals surface area contributed by atoms with E-state index in [2.05, 4.69) is 16.3 Å². The van der Waals surface area contributed by atoms with E-state index < -0.39 is 0 Å². The van der Waals surface area contributed by atoms with Crippen LogP contribution in [0.5, 0.6) is 11.5 Å². The summed E-state index contributed by atoms with van der Waals surface area (Å²) in [6.07, 6.45) is 4.31. The minimum Gasteiger partial charge on any atom is -0.496 e. The molecule has 6 nitrogen and oxygen atoms in total. The van der Waals surface area contributed by atoms with Gasteiger partial charge in [0.2, 0.25) is 0 Å². The summed E-state index contributed by atoms with van der Waals surface area (Å²) in [5.41, 5.74) is 3.12. The number of rotatable bonds is 7. The number of amides is 1. The molecule has 4 rings (SSSR count). The monoisotopic (exact) mass is 437 g/mol. The molecule has 2 fully saturated rings. The predicted octanol–water partition coefficient (Wildman–Crippen LogP) is 3.95. The maximum Gasteiger partial charge on any atom is 0.281 e. The van der Waals surface area contributed by atoms with Gasteiger partial charge in [0.15, 0.2) is 5.11 Å². The van der Waals surface area contributed by atoms with Crippen molar-refractivity contribution in [1.29, 1.82) is 0 Å². The van der Waals surface area contributed by atoms with Crippen molar-refractivity contribution < 1.29 is 14.3 Å². The lowest BCUT2D eigenvalue weighted by Crippen LogP contribution is -2.30. The summed E-state index contributed by atoms with van der Waals surface area (Å²) in [5, 5.41) is 3.40. The fourth-order valence-electron chi connectivity index (χ4n) is 4.03. The van der Waals surface area contributed by atoms with Crippen LogP contribution in [-0.4, -0.2) is 42.7 Å². The van der Waals surface area contributed by atoms with Gasteiger partial charge < -0.3 is 14.8 Å². The Balaban J connectivity index is 1.61. The van der Waals surface area contributed by atoms with Crippen molar-refractivity contribution in [2.24, 2.45) is 0 Å². The Morgan fingerprint density at radius 2 is 1.90 bits per heavy atom. The topological polar surface area (TPSA) is 54.0 Å². The molecule has 2 aliphatic rings. The zero-order valence-electron chi connectivity index (χ0n) is 17.9. The van der Waals surface area contributed by atoms with E-state index in [4.69, 9.17) is 21.7 Å². The smallest absolute Gasteiger partial charge is 0.281 e. The van der Waals surface area contributed by atoms with Gasteiger partial charge in [-0.15, -0.1) is 0 Å². The number of carbonyl (C=O) groups is 1. The molecule has 0 aliphatic carbocycles. The zero-order chi connectivity index (χ0) is 21.8. The fraction of sp³-hybridized carbons (Fsp3) is 0.333. The Morgan fingerprint density at radius 1 is 1.13 bits per heavy atom. The normalized spacial score (nSPS) is 18.0. The average Bonchev–Trinajstić information content (AvgIpc) is 3.37. The molecule has 0 aromatic heterocycles. The molecule has 2 saturated heterocycles. The molecule has 0 bridgehead atoms. The van der Waals surface area contributed by atoms with Gasteiger partial charge in [-0.2, -0.15) is 0 Å². The highest BCUT2D eigenvalue weighted by Gasteiger charge is 2.33. The van der Waals surface area contributed by atoms with Gasteiger partial charge in [-0.1, -0.05) is 18.2 Å². The number of para-hydroxylation sites is 2. The third-order valence-corrected chi connectivity index (χ3v) is 5.78. The Labute approximate surface area is 188 Å². The first-order valence-corrected chi connectivity index (χ1v) is 11.0. The molecule has 0 atom stereocenters. The third kappa shape index (κ3) is 4.57. The molecule has 0 unspecified atom stereocenters. The number of likely N-dealkylation sites (tertiary alicyclic amines) is 1. The average molecular weight is 438 g/mol. The minimum atomic E-state index is -0.200. The molecule has 1 N–H and O–H groups in total. The van der Waals surface area contributed by atoms with Crippen LogP contribution in [0.1, 0.15) is 30.9 Å². The van der Waals surface area contributed by atoms with Crippen LogP contribution in [0.25, 0.3) is 6.08 Å². The van der Waals surface area contributed by atoms with Gasteiger partial charge in [0.1, 0.15) is 17.2 Å². The fourth-order valence-corrected chi connectivity index (χ4v) is 4.32. The van der Waals surface area contributed by atoms with Crippen molar-refractivity contribution in [3.8, 4) is 11.5 Å². The van der Waals surface area contributed by atoms with Crippen LogP contribution in [0.4, 0.5) is 5.69 Å². The molecule has 31 heavy (non-hydrogen) atoms. The van der Waals surface area contributed by atoms with Gasteiger partial charge in [-0.3, -0.25) is 9.69 Å². The number of hydrogen-bond donors (Lipinski definition) is 1. The summed E-state index contributed by atoms with van der Waals surface area (Å²) in [7, 11) is 1.69. The maximum absolute atomic E-state index is 13.2. The molecular formula is C24H27N3O3S. The predicted molar refractivity (Wildman–Crippen MR) is 126 cm³/mol. The number of methoxy groups -OCH3 is 1.